The number of carbonyl (C=O) groups is 1. The molecule has 0 saturated carbocycles. The van der Waals surface area contributed by atoms with Crippen molar-refractivity contribution in [2.75, 3.05) is 18.4 Å². The molecule has 2 heterocycles. The molecule has 6 nitrogen and oxygen atoms in total. The van der Waals surface area contributed by atoms with Gasteiger partial charge in [0.25, 0.3) is 0 Å². The molecule has 1 fully saturated rings. The molecule has 0 atom stereocenters. The molecule has 1 amide bonds. The highest BCUT2D eigenvalue weighted by atomic mass is 16.7. The van der Waals surface area contributed by atoms with Crippen molar-refractivity contribution >= 4 is 17.5 Å². The lowest BCUT2D eigenvalue weighted by atomic mass is 9.91. The second kappa shape index (κ2) is 7.19. The fourth-order valence-corrected chi connectivity index (χ4v) is 3.22. The molecule has 0 aromatic heterocycles. The van der Waals surface area contributed by atoms with E-state index >= 15 is 0 Å². The first-order valence-corrected chi connectivity index (χ1v) is 8.74. The minimum atomic E-state index is -0.474. The molecule has 1 saturated heterocycles. The van der Waals surface area contributed by atoms with Crippen molar-refractivity contribution in [3.8, 4) is 0 Å². The predicted molar refractivity (Wildman–Crippen MR) is 98.7 cm³/mol. The maximum absolute atomic E-state index is 12.0. The highest BCUT2D eigenvalue weighted by Crippen LogP contribution is 2.34. The van der Waals surface area contributed by atoms with E-state index in [9.17, 15) is 4.79 Å². The molecule has 0 bridgehead atoms. The van der Waals surface area contributed by atoms with E-state index < -0.39 is 6.09 Å². The van der Waals surface area contributed by atoms with Crippen LogP contribution in [0.4, 0.5) is 10.5 Å². The Morgan fingerprint density at radius 1 is 1.04 bits per heavy atom. The van der Waals surface area contributed by atoms with Crippen molar-refractivity contribution in [1.29, 1.82) is 0 Å². The van der Waals surface area contributed by atoms with Crippen LogP contribution in [0.25, 0.3) is 5.70 Å². The number of piperidine rings is 1. The van der Waals surface area contributed by atoms with Crippen molar-refractivity contribution in [1.82, 2.24) is 10.5 Å². The second-order valence-electron chi connectivity index (χ2n) is 6.49. The van der Waals surface area contributed by atoms with E-state index in [4.69, 9.17) is 9.68 Å². The standard InChI is InChI=1S/C20H21N3O3/c24-19(21-17-9-5-2-6-10-17)25-23-13-11-20(12-14-23)15-18(22-26-20)16-7-3-1-4-8-16/h1-10,15,22H,11-14H2,(H,21,24). The maximum atomic E-state index is 12.0. The number of rotatable bonds is 3. The largest absolute Gasteiger partial charge is 0.430 e. The summed E-state index contributed by atoms with van der Waals surface area (Å²) in [6.45, 7) is 1.23. The Labute approximate surface area is 152 Å². The number of carbonyl (C=O) groups excluding carboxylic acids is 1. The Bertz CT molecular complexity index is 784. The smallest absolute Gasteiger partial charge is 0.351 e. The van der Waals surface area contributed by atoms with E-state index in [0.29, 0.717) is 18.8 Å². The van der Waals surface area contributed by atoms with Crippen LogP contribution < -0.4 is 10.8 Å². The van der Waals surface area contributed by atoms with Crippen LogP contribution in [0.5, 0.6) is 0 Å². The van der Waals surface area contributed by atoms with Gasteiger partial charge in [-0.3, -0.25) is 15.6 Å². The molecular formula is C20H21N3O3. The van der Waals surface area contributed by atoms with E-state index in [0.717, 1.165) is 24.1 Å². The summed E-state index contributed by atoms with van der Waals surface area (Å²) in [5, 5.41) is 4.40. The maximum Gasteiger partial charge on any atom is 0.430 e. The van der Waals surface area contributed by atoms with Gasteiger partial charge in [-0.15, -0.1) is 5.06 Å². The van der Waals surface area contributed by atoms with Gasteiger partial charge in [0.15, 0.2) is 0 Å². The van der Waals surface area contributed by atoms with Crippen LogP contribution in [0.15, 0.2) is 66.7 Å². The molecule has 6 heteroatoms. The van der Waals surface area contributed by atoms with Crippen LogP contribution >= 0.6 is 0 Å². The highest BCUT2D eigenvalue weighted by molar-refractivity contribution is 5.84. The fraction of sp³-hybridized carbons (Fsp3) is 0.250. The number of nitrogens with zero attached hydrogens (tertiary/aromatic N) is 1. The molecule has 134 valence electrons. The zero-order chi connectivity index (χ0) is 17.8. The van der Waals surface area contributed by atoms with Crippen LogP contribution in [-0.2, 0) is 9.68 Å². The Morgan fingerprint density at radius 2 is 1.69 bits per heavy atom. The summed E-state index contributed by atoms with van der Waals surface area (Å²) in [7, 11) is 0. The number of anilines is 1. The van der Waals surface area contributed by atoms with E-state index in [-0.39, 0.29) is 5.60 Å². The van der Waals surface area contributed by atoms with Crippen LogP contribution in [0.3, 0.4) is 0 Å². The monoisotopic (exact) mass is 351 g/mol. The average molecular weight is 351 g/mol. The number of para-hydroxylation sites is 1. The third-order valence-corrected chi connectivity index (χ3v) is 4.66. The average Bonchev–Trinajstić information content (AvgIpc) is 3.09. The van der Waals surface area contributed by atoms with Crippen LogP contribution in [0, 0.1) is 0 Å². The van der Waals surface area contributed by atoms with Crippen molar-refractivity contribution in [3.63, 3.8) is 0 Å². The van der Waals surface area contributed by atoms with Crippen molar-refractivity contribution in [3.05, 3.63) is 72.3 Å². The lowest BCUT2D eigenvalue weighted by Crippen LogP contribution is -2.45. The van der Waals surface area contributed by atoms with Crippen LogP contribution in [0.1, 0.15) is 18.4 Å². The molecule has 2 aromatic rings. The van der Waals surface area contributed by atoms with Gasteiger partial charge in [-0.25, -0.2) is 4.79 Å². The topological polar surface area (TPSA) is 62.8 Å². The summed E-state index contributed by atoms with van der Waals surface area (Å²) < 4.78 is 0. The summed E-state index contributed by atoms with van der Waals surface area (Å²) >= 11 is 0. The normalized spacial score (nSPS) is 18.8. The Morgan fingerprint density at radius 3 is 2.38 bits per heavy atom. The van der Waals surface area contributed by atoms with Crippen LogP contribution in [0.2, 0.25) is 0 Å². The van der Waals surface area contributed by atoms with Crippen molar-refractivity contribution in [2.45, 2.75) is 18.4 Å². The summed E-state index contributed by atoms with van der Waals surface area (Å²) in [6.07, 6.45) is 3.16. The van der Waals surface area contributed by atoms with Gasteiger partial charge < -0.3 is 4.84 Å². The Balaban J connectivity index is 1.32. The second-order valence-corrected chi connectivity index (χ2v) is 6.49. The molecular weight excluding hydrogens is 330 g/mol. The van der Waals surface area contributed by atoms with Gasteiger partial charge in [0, 0.05) is 18.8 Å². The first-order valence-electron chi connectivity index (χ1n) is 8.74. The van der Waals surface area contributed by atoms with E-state index in [1.165, 1.54) is 0 Å². The van der Waals surface area contributed by atoms with E-state index in [2.05, 4.69) is 16.9 Å². The number of hydrogen-bond acceptors (Lipinski definition) is 5. The summed E-state index contributed by atoms with van der Waals surface area (Å²) in [5.74, 6) is 0. The molecule has 0 unspecified atom stereocenters. The molecule has 4 rings (SSSR count). The quantitative estimate of drug-likeness (QED) is 0.885. The lowest BCUT2D eigenvalue weighted by Gasteiger charge is -2.35. The first kappa shape index (κ1) is 16.6. The molecule has 2 aliphatic rings. The predicted octanol–water partition coefficient (Wildman–Crippen LogP) is 3.56. The summed E-state index contributed by atoms with van der Waals surface area (Å²) in [5.41, 5.74) is 5.50. The molecule has 1 spiro atoms. The minimum absolute atomic E-state index is 0.346. The van der Waals surface area contributed by atoms with E-state index in [1.54, 1.807) is 5.06 Å². The molecule has 2 N–H and O–H groups in total. The van der Waals surface area contributed by atoms with Crippen LogP contribution in [-0.4, -0.2) is 29.8 Å². The molecule has 2 aromatic carbocycles. The third kappa shape index (κ3) is 3.71. The summed E-state index contributed by atoms with van der Waals surface area (Å²) in [4.78, 5) is 23.3. The Hall–Kier alpha value is -2.83. The fourth-order valence-electron chi connectivity index (χ4n) is 3.22. The van der Waals surface area contributed by atoms with Crippen molar-refractivity contribution in [2.24, 2.45) is 0 Å². The highest BCUT2D eigenvalue weighted by Gasteiger charge is 2.39. The minimum Gasteiger partial charge on any atom is -0.351 e. The molecule has 2 aliphatic heterocycles. The van der Waals surface area contributed by atoms with Gasteiger partial charge in [-0.05, 0) is 36.6 Å². The first-order chi connectivity index (χ1) is 12.7. The molecule has 0 radical (unpaired) electrons. The van der Waals surface area contributed by atoms with Gasteiger partial charge in [-0.2, -0.15) is 0 Å². The third-order valence-electron chi connectivity index (χ3n) is 4.66. The van der Waals surface area contributed by atoms with E-state index in [1.807, 2.05) is 60.7 Å². The van der Waals surface area contributed by atoms with Gasteiger partial charge in [0.05, 0.1) is 5.70 Å². The lowest BCUT2D eigenvalue weighted by molar-refractivity contribution is -0.153. The number of hydroxylamine groups is 3. The zero-order valence-corrected chi connectivity index (χ0v) is 14.4. The molecule has 0 aliphatic carbocycles. The number of benzene rings is 2. The zero-order valence-electron chi connectivity index (χ0n) is 14.4. The SMILES string of the molecule is O=C(Nc1ccccc1)ON1CCC2(C=C(c3ccccc3)NO2)CC1. The number of hydrogen-bond donors (Lipinski definition) is 2. The summed E-state index contributed by atoms with van der Waals surface area (Å²) in [6, 6.07) is 19.4. The van der Waals surface area contributed by atoms with Gasteiger partial charge in [0.2, 0.25) is 0 Å². The van der Waals surface area contributed by atoms with Gasteiger partial charge in [0.1, 0.15) is 5.60 Å². The van der Waals surface area contributed by atoms with Gasteiger partial charge in [-0.1, -0.05) is 48.5 Å². The Kier molecular flexibility index (Phi) is 4.60. The van der Waals surface area contributed by atoms with Crippen molar-refractivity contribution < 1.29 is 14.5 Å². The van der Waals surface area contributed by atoms with Gasteiger partial charge >= 0.3 is 6.09 Å². The number of nitrogens with one attached hydrogen (secondary N) is 2. The number of amides is 1. The molecule has 26 heavy (non-hydrogen) atoms.